The lowest BCUT2D eigenvalue weighted by molar-refractivity contribution is 0.390. The summed E-state index contributed by atoms with van der Waals surface area (Å²) in [5.74, 6) is 3.60. The van der Waals surface area contributed by atoms with Crippen molar-refractivity contribution in [2.24, 2.45) is 5.92 Å². The van der Waals surface area contributed by atoms with E-state index in [1.54, 1.807) is 12.5 Å². The smallest absolute Gasteiger partial charge is 0.191 e. The number of pyridine rings is 1. The van der Waals surface area contributed by atoms with Crippen molar-refractivity contribution in [3.63, 3.8) is 0 Å². The highest BCUT2D eigenvalue weighted by molar-refractivity contribution is 7.99. The minimum absolute atomic E-state index is 0.624. The molecule has 1 aliphatic carbocycles. The number of nitrogens with zero attached hydrogens (tertiary/aromatic N) is 4. The summed E-state index contributed by atoms with van der Waals surface area (Å²) in [7, 11) is 0. The van der Waals surface area contributed by atoms with Crippen LogP contribution >= 0.6 is 11.8 Å². The minimum atomic E-state index is 0.624. The van der Waals surface area contributed by atoms with Gasteiger partial charge in [0.2, 0.25) is 0 Å². The second-order valence-electron chi connectivity index (χ2n) is 6.50. The lowest BCUT2D eigenvalue weighted by Crippen LogP contribution is -2.10. The van der Waals surface area contributed by atoms with Gasteiger partial charge < -0.3 is 4.42 Å². The van der Waals surface area contributed by atoms with Gasteiger partial charge in [-0.1, -0.05) is 37.1 Å². The van der Waals surface area contributed by atoms with Gasteiger partial charge in [0.05, 0.1) is 12.8 Å². The van der Waals surface area contributed by atoms with Crippen LogP contribution in [0.1, 0.15) is 37.9 Å². The number of hydrogen-bond acceptors (Lipinski definition) is 5. The van der Waals surface area contributed by atoms with Crippen LogP contribution in [-0.2, 0) is 6.54 Å². The Balaban J connectivity index is 1.58. The highest BCUT2D eigenvalue weighted by Gasteiger charge is 2.19. The first-order valence-electron chi connectivity index (χ1n) is 8.90. The van der Waals surface area contributed by atoms with Crippen molar-refractivity contribution in [3.8, 4) is 11.5 Å². The third-order valence-electron chi connectivity index (χ3n) is 4.68. The van der Waals surface area contributed by atoms with Crippen molar-refractivity contribution in [3.05, 3.63) is 48.6 Å². The molecule has 1 fully saturated rings. The normalized spacial score (nSPS) is 15.5. The summed E-state index contributed by atoms with van der Waals surface area (Å²) >= 11 is 1.81. The molecule has 4 rings (SSSR count). The van der Waals surface area contributed by atoms with Crippen LogP contribution in [0.3, 0.4) is 0 Å². The van der Waals surface area contributed by atoms with Crippen molar-refractivity contribution in [2.45, 2.75) is 43.8 Å². The quantitative estimate of drug-likeness (QED) is 0.603. The third kappa shape index (κ3) is 3.95. The Morgan fingerprint density at radius 2 is 2.00 bits per heavy atom. The molecule has 0 radical (unpaired) electrons. The third-order valence-corrected chi connectivity index (χ3v) is 5.88. The summed E-state index contributed by atoms with van der Waals surface area (Å²) in [6.45, 7) is 0.624. The molecule has 0 amide bonds. The second-order valence-corrected chi connectivity index (χ2v) is 7.49. The van der Waals surface area contributed by atoms with Crippen LogP contribution in [0.5, 0.6) is 0 Å². The van der Waals surface area contributed by atoms with Crippen molar-refractivity contribution in [1.82, 2.24) is 19.7 Å². The Bertz CT molecular complexity index is 779. The number of aromatic nitrogens is 4. The van der Waals surface area contributed by atoms with E-state index in [4.69, 9.17) is 4.42 Å². The zero-order valence-electron chi connectivity index (χ0n) is 14.2. The molecule has 0 aliphatic heterocycles. The van der Waals surface area contributed by atoms with E-state index in [2.05, 4.69) is 19.7 Å². The molecular formula is C19H22N4OS. The maximum absolute atomic E-state index is 5.54. The van der Waals surface area contributed by atoms with E-state index in [0.29, 0.717) is 6.54 Å². The SMILES string of the molecule is c1ccc(-c2nnc(SCC3CCCCC3)n2Cc2ccco2)nc1. The summed E-state index contributed by atoms with van der Waals surface area (Å²) in [5.41, 5.74) is 0.839. The number of hydrogen-bond donors (Lipinski definition) is 0. The fourth-order valence-corrected chi connectivity index (χ4v) is 4.45. The van der Waals surface area contributed by atoms with Gasteiger partial charge in [0.15, 0.2) is 11.0 Å². The topological polar surface area (TPSA) is 56.7 Å². The Hall–Kier alpha value is -2.08. The number of furan rings is 1. The standard InChI is InChI=1S/C19H22N4OS/c1-2-7-15(8-3-1)14-25-19-22-21-18(17-10-4-5-11-20-17)23(19)13-16-9-6-12-24-16/h4-6,9-12,15H,1-3,7-8,13-14H2. The van der Waals surface area contributed by atoms with Crippen LogP contribution in [0.15, 0.2) is 52.4 Å². The summed E-state index contributed by atoms with van der Waals surface area (Å²) in [5, 5.41) is 9.82. The highest BCUT2D eigenvalue weighted by atomic mass is 32.2. The summed E-state index contributed by atoms with van der Waals surface area (Å²) in [4.78, 5) is 4.44. The fourth-order valence-electron chi connectivity index (χ4n) is 3.33. The monoisotopic (exact) mass is 354 g/mol. The zero-order chi connectivity index (χ0) is 16.9. The Kier molecular flexibility index (Phi) is 5.16. The average molecular weight is 354 g/mol. The molecule has 0 bridgehead atoms. The predicted molar refractivity (Wildman–Crippen MR) is 98.4 cm³/mol. The van der Waals surface area contributed by atoms with Crippen molar-refractivity contribution in [1.29, 1.82) is 0 Å². The minimum Gasteiger partial charge on any atom is -0.467 e. The second kappa shape index (κ2) is 7.87. The first-order chi connectivity index (χ1) is 12.4. The molecule has 130 valence electrons. The lowest BCUT2D eigenvalue weighted by Gasteiger charge is -2.20. The van der Waals surface area contributed by atoms with Gasteiger partial charge in [0.25, 0.3) is 0 Å². The number of thioether (sulfide) groups is 1. The molecule has 0 saturated heterocycles. The molecule has 3 aromatic rings. The van der Waals surface area contributed by atoms with E-state index < -0.39 is 0 Å². The van der Waals surface area contributed by atoms with Crippen LogP contribution < -0.4 is 0 Å². The first-order valence-corrected chi connectivity index (χ1v) is 9.88. The summed E-state index contributed by atoms with van der Waals surface area (Å²) in [6, 6.07) is 9.75. The fraction of sp³-hybridized carbons (Fsp3) is 0.421. The molecule has 3 heterocycles. The van der Waals surface area contributed by atoms with E-state index in [-0.39, 0.29) is 0 Å². The summed E-state index contributed by atoms with van der Waals surface area (Å²) in [6.07, 6.45) is 10.3. The molecule has 0 unspecified atom stereocenters. The molecule has 6 heteroatoms. The molecule has 1 aliphatic rings. The van der Waals surface area contributed by atoms with E-state index in [0.717, 1.165) is 34.1 Å². The molecular weight excluding hydrogens is 332 g/mol. The van der Waals surface area contributed by atoms with Gasteiger partial charge in [0.1, 0.15) is 11.5 Å². The van der Waals surface area contributed by atoms with Gasteiger partial charge in [0, 0.05) is 11.9 Å². The van der Waals surface area contributed by atoms with Gasteiger partial charge in [-0.2, -0.15) is 0 Å². The van der Waals surface area contributed by atoms with E-state index >= 15 is 0 Å². The van der Waals surface area contributed by atoms with Crippen LogP contribution in [0.25, 0.3) is 11.5 Å². The summed E-state index contributed by atoms with van der Waals surface area (Å²) < 4.78 is 7.66. The van der Waals surface area contributed by atoms with Crippen molar-refractivity contribution in [2.75, 3.05) is 5.75 Å². The Morgan fingerprint density at radius 3 is 2.76 bits per heavy atom. The predicted octanol–water partition coefficient (Wildman–Crippen LogP) is 4.65. The van der Waals surface area contributed by atoms with Crippen LogP contribution in [0, 0.1) is 5.92 Å². The molecule has 0 spiro atoms. The Labute approximate surface area is 151 Å². The largest absolute Gasteiger partial charge is 0.467 e. The van der Waals surface area contributed by atoms with Crippen molar-refractivity contribution < 1.29 is 4.42 Å². The van der Waals surface area contributed by atoms with Gasteiger partial charge in [-0.3, -0.25) is 9.55 Å². The zero-order valence-corrected chi connectivity index (χ0v) is 15.0. The Morgan fingerprint density at radius 1 is 1.08 bits per heavy atom. The van der Waals surface area contributed by atoms with Crippen LogP contribution in [0.4, 0.5) is 0 Å². The highest BCUT2D eigenvalue weighted by Crippen LogP contribution is 2.31. The van der Waals surface area contributed by atoms with Gasteiger partial charge in [-0.25, -0.2) is 0 Å². The molecule has 0 atom stereocenters. The van der Waals surface area contributed by atoms with Crippen LogP contribution in [-0.4, -0.2) is 25.5 Å². The van der Waals surface area contributed by atoms with E-state index in [1.807, 2.05) is 42.1 Å². The maximum Gasteiger partial charge on any atom is 0.191 e. The van der Waals surface area contributed by atoms with Gasteiger partial charge in [-0.05, 0) is 43.0 Å². The average Bonchev–Trinajstić information content (AvgIpc) is 3.32. The van der Waals surface area contributed by atoms with E-state index in [1.165, 1.54) is 32.1 Å². The van der Waals surface area contributed by atoms with Gasteiger partial charge >= 0.3 is 0 Å². The molecule has 0 aromatic carbocycles. The molecule has 3 aromatic heterocycles. The molecule has 0 N–H and O–H groups in total. The maximum atomic E-state index is 5.54. The van der Waals surface area contributed by atoms with Crippen LogP contribution in [0.2, 0.25) is 0 Å². The lowest BCUT2D eigenvalue weighted by atomic mass is 9.91. The first kappa shape index (κ1) is 16.4. The molecule has 5 nitrogen and oxygen atoms in total. The van der Waals surface area contributed by atoms with E-state index in [9.17, 15) is 0 Å². The number of rotatable bonds is 6. The van der Waals surface area contributed by atoms with Crippen molar-refractivity contribution >= 4 is 11.8 Å². The van der Waals surface area contributed by atoms with Gasteiger partial charge in [-0.15, -0.1) is 10.2 Å². The molecule has 1 saturated carbocycles. The molecule has 25 heavy (non-hydrogen) atoms.